The van der Waals surface area contributed by atoms with Gasteiger partial charge in [0, 0.05) is 20.2 Å². The van der Waals surface area contributed by atoms with Gasteiger partial charge in [0.1, 0.15) is 20.4 Å². The molecule has 0 saturated carbocycles. The van der Waals surface area contributed by atoms with Gasteiger partial charge in [0.05, 0.1) is 6.10 Å². The minimum Gasteiger partial charge on any atom is -0.388 e. The lowest BCUT2D eigenvalue weighted by Crippen LogP contribution is -2.52. The van der Waals surface area contributed by atoms with Gasteiger partial charge in [-0.25, -0.2) is 4.79 Å². The number of nitrogens with zero attached hydrogens (tertiary/aromatic N) is 1. The molecule has 4 atom stereocenters. The highest BCUT2D eigenvalue weighted by atomic mass is 28.3. The number of hydrogen-bond acceptors (Lipinski definition) is 6. The van der Waals surface area contributed by atoms with Crippen LogP contribution in [0.15, 0.2) is 21.9 Å². The van der Waals surface area contributed by atoms with Crippen LogP contribution in [-0.2, 0) is 9.47 Å². The molecule has 0 aromatic carbocycles. The summed E-state index contributed by atoms with van der Waals surface area (Å²) in [6.07, 6.45) is -1.38. The predicted octanol–water partition coefficient (Wildman–Crippen LogP) is 1.18. The molecule has 1 saturated heterocycles. The van der Waals surface area contributed by atoms with E-state index in [1.807, 2.05) is 0 Å². The summed E-state index contributed by atoms with van der Waals surface area (Å²) in [7, 11) is -1.58. The third kappa shape index (κ3) is 5.17. The summed E-state index contributed by atoms with van der Waals surface area (Å²) in [6.45, 7) is 12.3. The van der Waals surface area contributed by atoms with E-state index in [0.29, 0.717) is 6.61 Å². The van der Waals surface area contributed by atoms with E-state index in [4.69, 9.17) is 10.8 Å². The maximum Gasteiger partial charge on any atom is 0.330 e. The van der Waals surface area contributed by atoms with Crippen LogP contribution in [0.25, 0.3) is 0 Å². The van der Waals surface area contributed by atoms with Crippen molar-refractivity contribution < 1.29 is 16.0 Å². The molecule has 0 amide bonds. The molecule has 8 nitrogen and oxygen atoms in total. The molecule has 27 heavy (non-hydrogen) atoms. The SMILES string of the molecule is [2H]C[C@H]1O[C@@H](n2ccc(=O)[nH]c2=O)[C@H](OCCCN[Si](C)(C)C(C)(C)C)[C@@H]1O. The maximum absolute atomic E-state index is 12.1. The molecule has 0 unspecified atom stereocenters. The minimum atomic E-state index is -1.58. The van der Waals surface area contributed by atoms with Gasteiger partial charge in [-0.05, 0) is 24.9 Å². The number of hydrogen-bond donors (Lipinski definition) is 3. The van der Waals surface area contributed by atoms with Gasteiger partial charge >= 0.3 is 5.69 Å². The Morgan fingerprint density at radius 2 is 2.15 bits per heavy atom. The van der Waals surface area contributed by atoms with Gasteiger partial charge in [-0.2, -0.15) is 0 Å². The monoisotopic (exact) mass is 400 g/mol. The molecule has 1 aliphatic heterocycles. The van der Waals surface area contributed by atoms with Crippen molar-refractivity contribution in [3.8, 4) is 0 Å². The maximum atomic E-state index is 12.1. The molecule has 1 fully saturated rings. The van der Waals surface area contributed by atoms with Crippen LogP contribution in [0.2, 0.25) is 18.1 Å². The van der Waals surface area contributed by atoms with Gasteiger partial charge in [-0.3, -0.25) is 14.3 Å². The van der Waals surface area contributed by atoms with Gasteiger partial charge in [0.25, 0.3) is 5.56 Å². The van der Waals surface area contributed by atoms with Crippen molar-refractivity contribution in [3.63, 3.8) is 0 Å². The van der Waals surface area contributed by atoms with Crippen molar-refractivity contribution >= 4 is 8.24 Å². The molecule has 154 valence electrons. The van der Waals surface area contributed by atoms with E-state index in [-0.39, 0.29) is 11.9 Å². The first-order valence-electron chi connectivity index (χ1n) is 9.99. The zero-order valence-electron chi connectivity index (χ0n) is 17.8. The van der Waals surface area contributed by atoms with E-state index >= 15 is 0 Å². The molecule has 2 rings (SSSR count). The van der Waals surface area contributed by atoms with Crippen molar-refractivity contribution in [1.29, 1.82) is 0 Å². The van der Waals surface area contributed by atoms with Gasteiger partial charge in [-0.15, -0.1) is 0 Å². The number of rotatable bonds is 7. The Balaban J connectivity index is 1.99. The summed E-state index contributed by atoms with van der Waals surface area (Å²) in [6, 6.07) is 1.21. The second-order valence-corrected chi connectivity index (χ2v) is 13.7. The molecule has 1 aliphatic rings. The van der Waals surface area contributed by atoms with E-state index < -0.39 is 44.0 Å². The van der Waals surface area contributed by atoms with Crippen molar-refractivity contribution in [2.24, 2.45) is 0 Å². The van der Waals surface area contributed by atoms with Crippen LogP contribution in [0, 0.1) is 0 Å². The van der Waals surface area contributed by atoms with E-state index in [9.17, 15) is 14.7 Å². The summed E-state index contributed by atoms with van der Waals surface area (Å²) in [5.41, 5.74) is -1.14. The lowest BCUT2D eigenvalue weighted by molar-refractivity contribution is -0.0697. The third-order valence-corrected chi connectivity index (χ3v) is 10.4. The number of aliphatic hydroxyl groups excluding tert-OH is 1. The fraction of sp³-hybridized carbons (Fsp3) is 0.778. The number of aromatic amines is 1. The van der Waals surface area contributed by atoms with Gasteiger partial charge in [0.2, 0.25) is 0 Å². The largest absolute Gasteiger partial charge is 0.388 e. The first-order chi connectivity index (χ1) is 13.0. The summed E-state index contributed by atoms with van der Waals surface area (Å²) >= 11 is 0. The third-order valence-electron chi connectivity index (χ3n) is 5.51. The van der Waals surface area contributed by atoms with Crippen LogP contribution in [0.3, 0.4) is 0 Å². The van der Waals surface area contributed by atoms with Crippen LogP contribution in [0.1, 0.15) is 41.7 Å². The first kappa shape index (κ1) is 20.5. The number of H-pyrrole nitrogens is 1. The fourth-order valence-electron chi connectivity index (χ4n) is 2.71. The Hall–Kier alpha value is -1.26. The Labute approximate surface area is 162 Å². The lowest BCUT2D eigenvalue weighted by Gasteiger charge is -2.37. The van der Waals surface area contributed by atoms with Gasteiger partial charge in [0.15, 0.2) is 6.23 Å². The Kier molecular flexibility index (Phi) is 6.37. The number of aliphatic hydroxyl groups is 1. The number of ether oxygens (including phenoxy) is 2. The van der Waals surface area contributed by atoms with Crippen LogP contribution >= 0.6 is 0 Å². The van der Waals surface area contributed by atoms with E-state index in [0.717, 1.165) is 13.0 Å². The van der Waals surface area contributed by atoms with E-state index in [2.05, 4.69) is 43.8 Å². The Morgan fingerprint density at radius 3 is 2.74 bits per heavy atom. The predicted molar refractivity (Wildman–Crippen MR) is 106 cm³/mol. The molecule has 0 spiro atoms. The normalized spacial score (nSPS) is 27.0. The van der Waals surface area contributed by atoms with Crippen molar-refractivity contribution in [1.82, 2.24) is 14.5 Å². The second kappa shape index (κ2) is 8.40. The average molecular weight is 401 g/mol. The van der Waals surface area contributed by atoms with Crippen molar-refractivity contribution in [3.05, 3.63) is 33.1 Å². The summed E-state index contributed by atoms with van der Waals surface area (Å²) in [4.78, 5) is 29.2. The van der Waals surface area contributed by atoms with Crippen LogP contribution in [-0.4, -0.2) is 54.4 Å². The number of aromatic nitrogens is 2. The molecule has 1 aromatic rings. The van der Waals surface area contributed by atoms with Crippen LogP contribution < -0.4 is 16.2 Å². The molecular weight excluding hydrogens is 366 g/mol. The quantitative estimate of drug-likeness (QED) is 0.469. The summed E-state index contributed by atoms with van der Waals surface area (Å²) < 4.78 is 20.3. The highest BCUT2D eigenvalue weighted by Crippen LogP contribution is 2.33. The Morgan fingerprint density at radius 1 is 1.44 bits per heavy atom. The molecule has 2 heterocycles. The standard InChI is InChI=1S/C18H33N3O5Si/c1-12-14(23)15(16(26-12)21-10-8-13(22)20-17(21)24)25-11-7-9-19-27(5,6)18(2,3)4/h8,10,12,14-16,19,23H,7,9,11H2,1-6H3,(H,20,22,24)/t12-,14-,15-,16-/m1/s1/i1D. The van der Waals surface area contributed by atoms with E-state index in [1.54, 1.807) is 0 Å². The van der Waals surface area contributed by atoms with Gasteiger partial charge < -0.3 is 19.6 Å². The first-order valence-corrected chi connectivity index (χ1v) is 12.3. The average Bonchev–Trinajstić information content (AvgIpc) is 2.89. The van der Waals surface area contributed by atoms with Crippen molar-refractivity contribution in [2.45, 2.75) is 76.8 Å². The second-order valence-electron chi connectivity index (χ2n) is 8.56. The molecule has 0 aliphatic carbocycles. The molecular formula is C18H33N3O5Si. The molecule has 3 N–H and O–H groups in total. The zero-order chi connectivity index (χ0) is 21.1. The van der Waals surface area contributed by atoms with Gasteiger partial charge in [-0.1, -0.05) is 33.9 Å². The van der Waals surface area contributed by atoms with Crippen LogP contribution in [0.5, 0.6) is 0 Å². The lowest BCUT2D eigenvalue weighted by atomic mass is 10.1. The highest BCUT2D eigenvalue weighted by molar-refractivity contribution is 6.77. The minimum absolute atomic E-state index is 0.150. The number of nitrogens with one attached hydrogen (secondary N) is 2. The van der Waals surface area contributed by atoms with Crippen LogP contribution in [0.4, 0.5) is 0 Å². The smallest absolute Gasteiger partial charge is 0.330 e. The van der Waals surface area contributed by atoms with E-state index in [1.165, 1.54) is 16.8 Å². The molecule has 0 bridgehead atoms. The summed E-state index contributed by atoms with van der Waals surface area (Å²) in [5, 5.41) is 10.7. The molecule has 9 heteroatoms. The van der Waals surface area contributed by atoms with Crippen molar-refractivity contribution in [2.75, 3.05) is 13.2 Å². The fourth-order valence-corrected chi connectivity index (χ4v) is 4.04. The zero-order valence-corrected chi connectivity index (χ0v) is 17.8. The Bertz CT molecular complexity index is 761. The molecule has 1 aromatic heterocycles. The summed E-state index contributed by atoms with van der Waals surface area (Å²) in [5.74, 6) is 0. The topological polar surface area (TPSA) is 106 Å². The molecule has 0 radical (unpaired) electrons. The highest BCUT2D eigenvalue weighted by Gasteiger charge is 2.43.